The van der Waals surface area contributed by atoms with Gasteiger partial charge in [-0.1, -0.05) is 51.8 Å². The second kappa shape index (κ2) is 6.07. The SMILES string of the molecule is O=C(c1ccc(I)c(Cl)c1)c1ccc(Br)c2ccccc12. The van der Waals surface area contributed by atoms with E-state index in [0.29, 0.717) is 16.1 Å². The fraction of sp³-hybridized carbons (Fsp3) is 0. The lowest BCUT2D eigenvalue weighted by Crippen LogP contribution is -2.02. The van der Waals surface area contributed by atoms with Crippen molar-refractivity contribution in [3.8, 4) is 0 Å². The van der Waals surface area contributed by atoms with Crippen LogP contribution < -0.4 is 0 Å². The molecule has 3 aromatic carbocycles. The van der Waals surface area contributed by atoms with E-state index < -0.39 is 0 Å². The quantitative estimate of drug-likeness (QED) is 0.327. The molecule has 0 amide bonds. The number of benzene rings is 3. The van der Waals surface area contributed by atoms with Gasteiger partial charge in [0.25, 0.3) is 0 Å². The average molecular weight is 472 g/mol. The van der Waals surface area contributed by atoms with E-state index in [9.17, 15) is 4.79 Å². The zero-order chi connectivity index (χ0) is 15.0. The topological polar surface area (TPSA) is 17.1 Å². The summed E-state index contributed by atoms with van der Waals surface area (Å²) in [6, 6.07) is 17.0. The average Bonchev–Trinajstić information content (AvgIpc) is 2.50. The van der Waals surface area contributed by atoms with Gasteiger partial charge in [0.05, 0.1) is 5.02 Å². The van der Waals surface area contributed by atoms with Crippen molar-refractivity contribution in [2.45, 2.75) is 0 Å². The van der Waals surface area contributed by atoms with Crippen LogP contribution in [0.2, 0.25) is 5.02 Å². The molecule has 0 unspecified atom stereocenters. The molecular weight excluding hydrogens is 462 g/mol. The maximum absolute atomic E-state index is 12.8. The lowest BCUT2D eigenvalue weighted by molar-refractivity contribution is 0.104. The molecule has 0 aliphatic heterocycles. The standard InChI is InChI=1S/C17H9BrClIO/c18-14-7-6-13(11-3-1-2-4-12(11)14)17(21)10-5-8-16(20)15(19)9-10/h1-9H. The highest BCUT2D eigenvalue weighted by Crippen LogP contribution is 2.29. The van der Waals surface area contributed by atoms with Crippen LogP contribution in [0.25, 0.3) is 10.8 Å². The minimum atomic E-state index is -0.0167. The molecule has 0 heterocycles. The molecule has 1 nitrogen and oxygen atoms in total. The van der Waals surface area contributed by atoms with Crippen molar-refractivity contribution < 1.29 is 4.79 Å². The van der Waals surface area contributed by atoms with Crippen LogP contribution in [0.15, 0.2) is 59.1 Å². The van der Waals surface area contributed by atoms with Crippen molar-refractivity contribution in [2.24, 2.45) is 0 Å². The number of rotatable bonds is 2. The third-order valence-electron chi connectivity index (χ3n) is 3.30. The van der Waals surface area contributed by atoms with Gasteiger partial charge in [-0.25, -0.2) is 0 Å². The summed E-state index contributed by atoms with van der Waals surface area (Å²) in [5, 5.41) is 2.56. The highest BCUT2D eigenvalue weighted by Gasteiger charge is 2.14. The molecule has 0 aliphatic carbocycles. The van der Waals surface area contributed by atoms with E-state index in [1.807, 2.05) is 48.5 Å². The van der Waals surface area contributed by atoms with E-state index in [4.69, 9.17) is 11.6 Å². The number of ketones is 1. The maximum atomic E-state index is 12.8. The second-order valence-corrected chi connectivity index (χ2v) is 7.02. The van der Waals surface area contributed by atoms with Crippen LogP contribution in [0.4, 0.5) is 0 Å². The van der Waals surface area contributed by atoms with Crippen LogP contribution in [0.1, 0.15) is 15.9 Å². The van der Waals surface area contributed by atoms with Gasteiger partial charge >= 0.3 is 0 Å². The first-order valence-electron chi connectivity index (χ1n) is 6.25. The molecule has 21 heavy (non-hydrogen) atoms. The van der Waals surface area contributed by atoms with Crippen LogP contribution in [0.3, 0.4) is 0 Å². The van der Waals surface area contributed by atoms with Gasteiger partial charge in [0.2, 0.25) is 0 Å². The van der Waals surface area contributed by atoms with Crippen LogP contribution in [0.5, 0.6) is 0 Å². The Morgan fingerprint density at radius 3 is 2.43 bits per heavy atom. The fourth-order valence-electron chi connectivity index (χ4n) is 2.25. The molecule has 3 aromatic rings. The van der Waals surface area contributed by atoms with Crippen molar-refractivity contribution in [1.29, 1.82) is 0 Å². The van der Waals surface area contributed by atoms with Gasteiger partial charge in [0.1, 0.15) is 0 Å². The number of hydrogen-bond acceptors (Lipinski definition) is 1. The number of carbonyl (C=O) groups excluding carboxylic acids is 1. The maximum Gasteiger partial charge on any atom is 0.193 e. The second-order valence-electron chi connectivity index (χ2n) is 4.60. The van der Waals surface area contributed by atoms with Crippen LogP contribution in [-0.2, 0) is 0 Å². The molecule has 0 spiro atoms. The number of carbonyl (C=O) groups is 1. The van der Waals surface area contributed by atoms with Gasteiger partial charge in [-0.15, -0.1) is 0 Å². The number of halogens is 3. The predicted octanol–water partition coefficient (Wildman–Crippen LogP) is 6.09. The van der Waals surface area contributed by atoms with Crippen LogP contribution >= 0.6 is 50.1 Å². The van der Waals surface area contributed by atoms with Crippen LogP contribution in [-0.4, -0.2) is 5.78 Å². The first-order valence-corrected chi connectivity index (χ1v) is 8.50. The summed E-state index contributed by atoms with van der Waals surface area (Å²) < 4.78 is 1.92. The smallest absolute Gasteiger partial charge is 0.193 e. The Balaban J connectivity index is 2.18. The molecule has 0 atom stereocenters. The predicted molar refractivity (Wildman–Crippen MR) is 99.2 cm³/mol. The summed E-state index contributed by atoms with van der Waals surface area (Å²) in [6.45, 7) is 0. The van der Waals surface area contributed by atoms with Gasteiger partial charge in [0, 0.05) is 19.2 Å². The Labute approximate surface area is 149 Å². The summed E-state index contributed by atoms with van der Waals surface area (Å²) in [4.78, 5) is 12.8. The Kier molecular flexibility index (Phi) is 4.33. The summed E-state index contributed by atoms with van der Waals surface area (Å²) in [6.07, 6.45) is 0. The van der Waals surface area contributed by atoms with Gasteiger partial charge in [-0.3, -0.25) is 4.79 Å². The highest BCUT2D eigenvalue weighted by atomic mass is 127. The Morgan fingerprint density at radius 1 is 1.00 bits per heavy atom. The van der Waals surface area contributed by atoms with E-state index in [1.54, 1.807) is 6.07 Å². The summed E-state index contributed by atoms with van der Waals surface area (Å²) in [5.41, 5.74) is 1.29. The third kappa shape index (κ3) is 2.87. The first-order chi connectivity index (χ1) is 10.1. The molecular formula is C17H9BrClIO. The highest BCUT2D eigenvalue weighted by molar-refractivity contribution is 14.1. The molecule has 0 aliphatic rings. The van der Waals surface area contributed by atoms with Gasteiger partial charge in [-0.05, 0) is 63.7 Å². The van der Waals surface area contributed by atoms with Gasteiger partial charge in [0.15, 0.2) is 5.78 Å². The molecule has 0 radical (unpaired) electrons. The van der Waals surface area contributed by atoms with Gasteiger partial charge < -0.3 is 0 Å². The molecule has 0 saturated carbocycles. The largest absolute Gasteiger partial charge is 0.289 e. The Hall–Kier alpha value is -0.910. The Bertz CT molecular complexity index is 861. The minimum absolute atomic E-state index is 0.0167. The summed E-state index contributed by atoms with van der Waals surface area (Å²) >= 11 is 11.8. The molecule has 0 fully saturated rings. The van der Waals surface area contributed by atoms with Crippen molar-refractivity contribution in [1.82, 2.24) is 0 Å². The number of hydrogen-bond donors (Lipinski definition) is 0. The van der Waals surface area contributed by atoms with Crippen molar-refractivity contribution in [3.05, 3.63) is 78.8 Å². The first kappa shape index (κ1) is 15.0. The molecule has 0 aromatic heterocycles. The van der Waals surface area contributed by atoms with E-state index >= 15 is 0 Å². The lowest BCUT2D eigenvalue weighted by atomic mass is 9.97. The van der Waals surface area contributed by atoms with Crippen molar-refractivity contribution in [2.75, 3.05) is 0 Å². The van der Waals surface area contributed by atoms with Gasteiger partial charge in [-0.2, -0.15) is 0 Å². The Morgan fingerprint density at radius 2 is 1.71 bits per heavy atom. The van der Waals surface area contributed by atoms with Crippen LogP contribution in [0, 0.1) is 3.57 Å². The third-order valence-corrected chi connectivity index (χ3v) is 5.56. The zero-order valence-electron chi connectivity index (χ0n) is 10.7. The van der Waals surface area contributed by atoms with E-state index in [1.165, 1.54) is 0 Å². The van der Waals surface area contributed by atoms with E-state index in [0.717, 1.165) is 18.8 Å². The van der Waals surface area contributed by atoms with Crippen molar-refractivity contribution >= 4 is 66.7 Å². The van der Waals surface area contributed by atoms with Crippen molar-refractivity contribution in [3.63, 3.8) is 0 Å². The summed E-state index contributed by atoms with van der Waals surface area (Å²) in [5.74, 6) is -0.0167. The molecule has 0 saturated heterocycles. The normalized spacial score (nSPS) is 10.8. The number of fused-ring (bicyclic) bond motifs is 1. The molecule has 3 rings (SSSR count). The monoisotopic (exact) mass is 470 g/mol. The fourth-order valence-corrected chi connectivity index (χ4v) is 3.25. The molecule has 104 valence electrons. The molecule has 0 bridgehead atoms. The van der Waals surface area contributed by atoms with E-state index in [2.05, 4.69) is 38.5 Å². The minimum Gasteiger partial charge on any atom is -0.289 e. The summed E-state index contributed by atoms with van der Waals surface area (Å²) in [7, 11) is 0. The lowest BCUT2D eigenvalue weighted by Gasteiger charge is -2.08. The molecule has 0 N–H and O–H groups in total. The molecule has 4 heteroatoms. The van der Waals surface area contributed by atoms with E-state index in [-0.39, 0.29) is 5.78 Å². The zero-order valence-corrected chi connectivity index (χ0v) is 15.2.